The molecule has 7 nitrogen and oxygen atoms in total. The Bertz CT molecular complexity index is 927. The highest BCUT2D eigenvalue weighted by molar-refractivity contribution is 6.30. The molecule has 0 radical (unpaired) electrons. The maximum absolute atomic E-state index is 12.8. The van der Waals surface area contributed by atoms with Crippen LogP contribution in [0.4, 0.5) is 0 Å². The van der Waals surface area contributed by atoms with Crippen LogP contribution in [-0.2, 0) is 6.54 Å². The number of hydrogen-bond acceptors (Lipinski definition) is 5. The van der Waals surface area contributed by atoms with Crippen molar-refractivity contribution in [3.05, 3.63) is 71.0 Å². The number of amides is 1. The first kappa shape index (κ1) is 18.6. The van der Waals surface area contributed by atoms with Gasteiger partial charge in [-0.05, 0) is 53.2 Å². The number of benzene rings is 2. The van der Waals surface area contributed by atoms with Crippen LogP contribution in [0.1, 0.15) is 22.6 Å². The summed E-state index contributed by atoms with van der Waals surface area (Å²) in [4.78, 5) is 17.0. The van der Waals surface area contributed by atoms with Crippen LogP contribution >= 0.6 is 11.6 Å². The van der Waals surface area contributed by atoms with E-state index in [1.165, 1.54) is 0 Å². The highest BCUT2D eigenvalue weighted by Gasteiger charge is 2.21. The van der Waals surface area contributed by atoms with Crippen molar-refractivity contribution in [3.8, 4) is 5.69 Å². The SMILES string of the molecule is O=C(c1ccc(Cl)cc1)N1CCCN(Cc2nnnn2-c2ccccc2)CC1. The number of rotatable bonds is 4. The van der Waals surface area contributed by atoms with Gasteiger partial charge < -0.3 is 4.90 Å². The van der Waals surface area contributed by atoms with Gasteiger partial charge in [0.25, 0.3) is 5.91 Å². The van der Waals surface area contributed by atoms with Gasteiger partial charge in [0.2, 0.25) is 0 Å². The zero-order valence-corrected chi connectivity index (χ0v) is 16.2. The molecule has 0 atom stereocenters. The van der Waals surface area contributed by atoms with Crippen molar-refractivity contribution in [2.45, 2.75) is 13.0 Å². The second-order valence-corrected chi connectivity index (χ2v) is 7.21. The molecule has 8 heteroatoms. The fourth-order valence-corrected chi connectivity index (χ4v) is 3.51. The van der Waals surface area contributed by atoms with Crippen LogP contribution < -0.4 is 0 Å². The van der Waals surface area contributed by atoms with E-state index in [1.54, 1.807) is 28.9 Å². The van der Waals surface area contributed by atoms with Gasteiger partial charge in [0.1, 0.15) is 0 Å². The Morgan fingerprint density at radius 3 is 2.54 bits per heavy atom. The molecular formula is C20H21ClN6O. The first-order chi connectivity index (χ1) is 13.7. The molecule has 4 rings (SSSR count). The Labute approximate surface area is 168 Å². The third-order valence-corrected chi connectivity index (χ3v) is 5.12. The fraction of sp³-hybridized carbons (Fsp3) is 0.300. The van der Waals surface area contributed by atoms with Crippen LogP contribution in [0.3, 0.4) is 0 Å². The van der Waals surface area contributed by atoms with E-state index in [-0.39, 0.29) is 5.91 Å². The van der Waals surface area contributed by atoms with E-state index in [9.17, 15) is 4.79 Å². The summed E-state index contributed by atoms with van der Waals surface area (Å²) in [7, 11) is 0. The van der Waals surface area contributed by atoms with E-state index >= 15 is 0 Å². The molecule has 1 aromatic heterocycles. The fourth-order valence-electron chi connectivity index (χ4n) is 3.38. The lowest BCUT2D eigenvalue weighted by molar-refractivity contribution is 0.0761. The second-order valence-electron chi connectivity index (χ2n) is 6.77. The lowest BCUT2D eigenvalue weighted by Crippen LogP contribution is -2.35. The Balaban J connectivity index is 1.41. The van der Waals surface area contributed by atoms with E-state index < -0.39 is 0 Å². The van der Waals surface area contributed by atoms with Crippen LogP contribution in [0.2, 0.25) is 5.02 Å². The quantitative estimate of drug-likeness (QED) is 0.678. The monoisotopic (exact) mass is 396 g/mol. The van der Waals surface area contributed by atoms with Gasteiger partial charge in [0, 0.05) is 36.8 Å². The number of halogens is 1. The van der Waals surface area contributed by atoms with Gasteiger partial charge in [-0.2, -0.15) is 4.68 Å². The lowest BCUT2D eigenvalue weighted by atomic mass is 10.2. The van der Waals surface area contributed by atoms with E-state index in [0.29, 0.717) is 23.7 Å². The summed E-state index contributed by atoms with van der Waals surface area (Å²) in [6.07, 6.45) is 0.909. The molecule has 1 amide bonds. The summed E-state index contributed by atoms with van der Waals surface area (Å²) in [6.45, 7) is 3.73. The number of nitrogens with zero attached hydrogens (tertiary/aromatic N) is 6. The van der Waals surface area contributed by atoms with Crippen molar-refractivity contribution >= 4 is 17.5 Å². The highest BCUT2D eigenvalue weighted by Crippen LogP contribution is 2.15. The van der Waals surface area contributed by atoms with Crippen LogP contribution in [0, 0.1) is 0 Å². The second kappa shape index (κ2) is 8.50. The average Bonchev–Trinajstić information content (AvgIpc) is 3.06. The number of carbonyl (C=O) groups excluding carboxylic acids is 1. The molecular weight excluding hydrogens is 376 g/mol. The van der Waals surface area contributed by atoms with Crippen LogP contribution in [0.15, 0.2) is 54.6 Å². The van der Waals surface area contributed by atoms with Crippen molar-refractivity contribution in [1.29, 1.82) is 0 Å². The first-order valence-corrected chi connectivity index (χ1v) is 9.68. The zero-order valence-electron chi connectivity index (χ0n) is 15.4. The third-order valence-electron chi connectivity index (χ3n) is 4.87. The minimum absolute atomic E-state index is 0.0487. The van der Waals surface area contributed by atoms with E-state index in [2.05, 4.69) is 20.4 Å². The number of hydrogen-bond donors (Lipinski definition) is 0. The number of carbonyl (C=O) groups is 1. The summed E-state index contributed by atoms with van der Waals surface area (Å²) in [5, 5.41) is 12.8. The molecule has 0 unspecified atom stereocenters. The van der Waals surface area contributed by atoms with Gasteiger partial charge in [0.05, 0.1) is 12.2 Å². The molecule has 1 fully saturated rings. The summed E-state index contributed by atoms with van der Waals surface area (Å²) in [5.41, 5.74) is 1.61. The summed E-state index contributed by atoms with van der Waals surface area (Å²) >= 11 is 5.92. The maximum atomic E-state index is 12.8. The third kappa shape index (κ3) is 4.21. The Morgan fingerprint density at radius 2 is 1.75 bits per heavy atom. The van der Waals surface area contributed by atoms with E-state index in [1.807, 2.05) is 35.2 Å². The molecule has 28 heavy (non-hydrogen) atoms. The Hall–Kier alpha value is -2.77. The van der Waals surface area contributed by atoms with E-state index in [4.69, 9.17) is 11.6 Å². The summed E-state index contributed by atoms with van der Waals surface area (Å²) in [5.74, 6) is 0.844. The minimum atomic E-state index is 0.0487. The molecule has 1 saturated heterocycles. The zero-order chi connectivity index (χ0) is 19.3. The van der Waals surface area contributed by atoms with E-state index in [0.717, 1.165) is 37.6 Å². The van der Waals surface area contributed by atoms with Crippen LogP contribution in [0.25, 0.3) is 5.69 Å². The van der Waals surface area contributed by atoms with Crippen molar-refractivity contribution < 1.29 is 4.79 Å². The summed E-state index contributed by atoms with van der Waals surface area (Å²) < 4.78 is 1.77. The van der Waals surface area contributed by atoms with Crippen molar-refractivity contribution in [2.75, 3.05) is 26.2 Å². The highest BCUT2D eigenvalue weighted by atomic mass is 35.5. The molecule has 0 saturated carbocycles. The Morgan fingerprint density at radius 1 is 0.964 bits per heavy atom. The normalized spacial score (nSPS) is 15.4. The Kier molecular flexibility index (Phi) is 5.64. The van der Waals surface area contributed by atoms with Crippen molar-refractivity contribution in [2.24, 2.45) is 0 Å². The number of para-hydroxylation sites is 1. The molecule has 0 aliphatic carbocycles. The van der Waals surface area contributed by atoms with Crippen molar-refractivity contribution in [1.82, 2.24) is 30.0 Å². The topological polar surface area (TPSA) is 67.2 Å². The standard InChI is InChI=1S/C20H21ClN6O/c21-17-9-7-16(8-10-17)20(28)26-12-4-11-25(13-14-26)15-19-22-23-24-27(19)18-5-2-1-3-6-18/h1-3,5-10H,4,11-15H2. The predicted octanol–water partition coefficient (Wildman–Crippen LogP) is 2.66. The largest absolute Gasteiger partial charge is 0.337 e. The average molecular weight is 397 g/mol. The molecule has 144 valence electrons. The number of aromatic nitrogens is 4. The van der Waals surface area contributed by atoms with Gasteiger partial charge in [-0.15, -0.1) is 5.10 Å². The summed E-state index contributed by atoms with van der Waals surface area (Å²) in [6, 6.07) is 16.9. The van der Waals surface area contributed by atoms with Gasteiger partial charge in [-0.3, -0.25) is 9.69 Å². The molecule has 2 aromatic carbocycles. The van der Waals surface area contributed by atoms with Gasteiger partial charge in [-0.25, -0.2) is 0 Å². The molecule has 0 N–H and O–H groups in total. The van der Waals surface area contributed by atoms with Crippen molar-refractivity contribution in [3.63, 3.8) is 0 Å². The van der Waals surface area contributed by atoms with Crippen LogP contribution in [-0.4, -0.2) is 62.1 Å². The molecule has 0 spiro atoms. The molecule has 0 bridgehead atoms. The van der Waals surface area contributed by atoms with Crippen LogP contribution in [0.5, 0.6) is 0 Å². The number of tetrazole rings is 1. The maximum Gasteiger partial charge on any atom is 0.253 e. The van der Waals surface area contributed by atoms with Gasteiger partial charge in [-0.1, -0.05) is 29.8 Å². The van der Waals surface area contributed by atoms with Gasteiger partial charge >= 0.3 is 0 Å². The smallest absolute Gasteiger partial charge is 0.253 e. The molecule has 1 aliphatic rings. The van der Waals surface area contributed by atoms with Gasteiger partial charge in [0.15, 0.2) is 5.82 Å². The predicted molar refractivity (Wildman–Crippen MR) is 106 cm³/mol. The molecule has 2 heterocycles. The minimum Gasteiger partial charge on any atom is -0.337 e. The molecule has 1 aliphatic heterocycles. The lowest BCUT2D eigenvalue weighted by Gasteiger charge is -2.22. The first-order valence-electron chi connectivity index (χ1n) is 9.30. The molecule has 3 aromatic rings.